The van der Waals surface area contributed by atoms with Crippen molar-refractivity contribution in [2.45, 2.75) is 33.7 Å². The van der Waals surface area contributed by atoms with Gasteiger partial charge >= 0.3 is 5.97 Å². The SMILES string of the molecule is CCOC(=O)[C@@H](NC(=O)c1sc(Br)c(Br)c1C)C(C)C. The number of rotatable bonds is 5. The van der Waals surface area contributed by atoms with Gasteiger partial charge in [-0.15, -0.1) is 11.3 Å². The molecule has 20 heavy (non-hydrogen) atoms. The lowest BCUT2D eigenvalue weighted by Crippen LogP contribution is -2.45. The Kier molecular flexibility index (Phi) is 6.68. The van der Waals surface area contributed by atoms with Crippen LogP contribution in [0.25, 0.3) is 0 Å². The van der Waals surface area contributed by atoms with Crippen LogP contribution in [0.3, 0.4) is 0 Å². The lowest BCUT2D eigenvalue weighted by Gasteiger charge is -2.20. The molecule has 0 aliphatic rings. The van der Waals surface area contributed by atoms with Crippen LogP contribution in [-0.2, 0) is 9.53 Å². The molecule has 4 nitrogen and oxygen atoms in total. The lowest BCUT2D eigenvalue weighted by atomic mass is 10.0. The van der Waals surface area contributed by atoms with E-state index < -0.39 is 12.0 Å². The Labute approximate surface area is 139 Å². The van der Waals surface area contributed by atoms with Crippen LogP contribution in [0.4, 0.5) is 0 Å². The van der Waals surface area contributed by atoms with E-state index >= 15 is 0 Å². The zero-order valence-electron chi connectivity index (χ0n) is 11.8. The molecule has 1 amide bonds. The summed E-state index contributed by atoms with van der Waals surface area (Å²) in [7, 11) is 0. The highest BCUT2D eigenvalue weighted by molar-refractivity contribution is 9.13. The number of hydrogen-bond acceptors (Lipinski definition) is 4. The van der Waals surface area contributed by atoms with Crippen LogP contribution in [0.15, 0.2) is 8.26 Å². The van der Waals surface area contributed by atoms with Crippen LogP contribution in [-0.4, -0.2) is 24.5 Å². The summed E-state index contributed by atoms with van der Waals surface area (Å²) in [6.45, 7) is 7.64. The highest BCUT2D eigenvalue weighted by atomic mass is 79.9. The molecule has 0 bridgehead atoms. The Morgan fingerprint density at radius 3 is 2.35 bits per heavy atom. The third-order valence-electron chi connectivity index (χ3n) is 2.73. The van der Waals surface area contributed by atoms with Crippen molar-refractivity contribution in [1.29, 1.82) is 0 Å². The van der Waals surface area contributed by atoms with E-state index in [9.17, 15) is 9.59 Å². The fourth-order valence-electron chi connectivity index (χ4n) is 1.61. The van der Waals surface area contributed by atoms with Gasteiger partial charge in [0.15, 0.2) is 0 Å². The van der Waals surface area contributed by atoms with Gasteiger partial charge in [0, 0.05) is 4.47 Å². The minimum absolute atomic E-state index is 0.0369. The predicted molar refractivity (Wildman–Crippen MR) is 87.2 cm³/mol. The maximum Gasteiger partial charge on any atom is 0.328 e. The molecule has 112 valence electrons. The Morgan fingerprint density at radius 2 is 1.95 bits per heavy atom. The monoisotopic (exact) mass is 425 g/mol. The number of esters is 1. The average Bonchev–Trinajstić information content (AvgIpc) is 2.63. The predicted octanol–water partition coefficient (Wildman–Crippen LogP) is 3.90. The topological polar surface area (TPSA) is 55.4 Å². The number of nitrogens with one attached hydrogen (secondary N) is 1. The molecule has 1 rings (SSSR count). The normalized spacial score (nSPS) is 12.3. The van der Waals surface area contributed by atoms with E-state index in [-0.39, 0.29) is 11.8 Å². The number of carbonyl (C=O) groups excluding carboxylic acids is 2. The van der Waals surface area contributed by atoms with Gasteiger partial charge in [0.1, 0.15) is 6.04 Å². The van der Waals surface area contributed by atoms with Crippen molar-refractivity contribution >= 4 is 55.1 Å². The van der Waals surface area contributed by atoms with Gasteiger partial charge in [0.05, 0.1) is 15.3 Å². The molecule has 0 saturated heterocycles. The molecule has 0 radical (unpaired) electrons. The third kappa shape index (κ3) is 4.05. The molecule has 0 spiro atoms. The van der Waals surface area contributed by atoms with E-state index in [0.29, 0.717) is 11.5 Å². The molecule has 0 unspecified atom stereocenters. The minimum Gasteiger partial charge on any atom is -0.464 e. The fourth-order valence-corrected chi connectivity index (χ4v) is 3.80. The summed E-state index contributed by atoms with van der Waals surface area (Å²) < 4.78 is 6.72. The van der Waals surface area contributed by atoms with Crippen molar-refractivity contribution in [3.63, 3.8) is 0 Å². The molecule has 0 aliphatic carbocycles. The second kappa shape index (κ2) is 7.56. The third-order valence-corrected chi connectivity index (χ3v) is 6.48. The number of thiophene rings is 1. The van der Waals surface area contributed by atoms with Gasteiger partial charge in [-0.2, -0.15) is 0 Å². The summed E-state index contributed by atoms with van der Waals surface area (Å²) in [5.41, 5.74) is 0.853. The molecule has 1 heterocycles. The van der Waals surface area contributed by atoms with E-state index in [2.05, 4.69) is 37.2 Å². The van der Waals surface area contributed by atoms with Gasteiger partial charge in [-0.3, -0.25) is 4.79 Å². The molecule has 1 aromatic heterocycles. The zero-order valence-corrected chi connectivity index (χ0v) is 15.7. The maximum atomic E-state index is 12.3. The first-order chi connectivity index (χ1) is 9.29. The molecule has 1 N–H and O–H groups in total. The molecule has 1 aromatic rings. The van der Waals surface area contributed by atoms with E-state index in [1.165, 1.54) is 11.3 Å². The first-order valence-electron chi connectivity index (χ1n) is 6.21. The molecule has 0 aromatic carbocycles. The van der Waals surface area contributed by atoms with E-state index in [0.717, 1.165) is 13.8 Å². The highest BCUT2D eigenvalue weighted by Gasteiger charge is 2.27. The number of hydrogen-bond donors (Lipinski definition) is 1. The summed E-state index contributed by atoms with van der Waals surface area (Å²) >= 11 is 8.13. The van der Waals surface area contributed by atoms with Crippen LogP contribution < -0.4 is 5.32 Å². The van der Waals surface area contributed by atoms with Crippen LogP contribution in [0, 0.1) is 12.8 Å². The molecule has 0 aliphatic heterocycles. The molecule has 0 saturated carbocycles. The second-order valence-electron chi connectivity index (χ2n) is 4.59. The lowest BCUT2D eigenvalue weighted by molar-refractivity contribution is -0.146. The van der Waals surface area contributed by atoms with Crippen LogP contribution in [0.1, 0.15) is 36.0 Å². The fraction of sp³-hybridized carbons (Fsp3) is 0.538. The maximum absolute atomic E-state index is 12.3. The average molecular weight is 427 g/mol. The van der Waals surface area contributed by atoms with Crippen LogP contribution >= 0.6 is 43.2 Å². The number of carbonyl (C=O) groups is 2. The Bertz CT molecular complexity index is 514. The largest absolute Gasteiger partial charge is 0.464 e. The zero-order chi connectivity index (χ0) is 15.4. The molecular weight excluding hydrogens is 410 g/mol. The smallest absolute Gasteiger partial charge is 0.328 e. The van der Waals surface area contributed by atoms with Crippen molar-refractivity contribution in [2.24, 2.45) is 5.92 Å². The first kappa shape index (κ1) is 17.7. The first-order valence-corrected chi connectivity index (χ1v) is 8.61. The number of amides is 1. The summed E-state index contributed by atoms with van der Waals surface area (Å²) in [4.78, 5) is 24.7. The standard InChI is InChI=1S/C13H17Br2NO3S/c1-5-19-13(18)9(6(2)3)16-12(17)10-7(4)8(14)11(15)20-10/h6,9H,5H2,1-4H3,(H,16,17)/t9-/m0/s1. The number of halogens is 2. The van der Waals surface area contributed by atoms with Crippen LogP contribution in [0.2, 0.25) is 0 Å². The quantitative estimate of drug-likeness (QED) is 0.726. The van der Waals surface area contributed by atoms with Crippen molar-refractivity contribution in [2.75, 3.05) is 6.61 Å². The molecular formula is C13H17Br2NO3S. The highest BCUT2D eigenvalue weighted by Crippen LogP contribution is 2.36. The molecule has 1 atom stereocenters. The number of ether oxygens (including phenoxy) is 1. The summed E-state index contributed by atoms with van der Waals surface area (Å²) in [5, 5.41) is 2.75. The van der Waals surface area contributed by atoms with Crippen molar-refractivity contribution < 1.29 is 14.3 Å². The summed E-state index contributed by atoms with van der Waals surface area (Å²) in [6.07, 6.45) is 0. The van der Waals surface area contributed by atoms with Crippen LogP contribution in [0.5, 0.6) is 0 Å². The van der Waals surface area contributed by atoms with Crippen molar-refractivity contribution in [1.82, 2.24) is 5.32 Å². The van der Waals surface area contributed by atoms with Gasteiger partial charge < -0.3 is 10.1 Å². The summed E-state index contributed by atoms with van der Waals surface area (Å²) in [6, 6.07) is -0.637. The van der Waals surface area contributed by atoms with E-state index in [4.69, 9.17) is 4.74 Å². The van der Waals surface area contributed by atoms with Gasteiger partial charge in [-0.25, -0.2) is 4.79 Å². The Hall–Kier alpha value is -0.400. The van der Waals surface area contributed by atoms with Gasteiger partial charge in [0.2, 0.25) is 0 Å². The van der Waals surface area contributed by atoms with Gasteiger partial charge in [0.25, 0.3) is 5.91 Å². The second-order valence-corrected chi connectivity index (χ2v) is 7.72. The minimum atomic E-state index is -0.637. The van der Waals surface area contributed by atoms with Crippen molar-refractivity contribution in [3.05, 3.63) is 18.7 Å². The molecule has 7 heteroatoms. The van der Waals surface area contributed by atoms with Gasteiger partial charge in [-0.05, 0) is 57.2 Å². The Balaban J connectivity index is 2.91. The van der Waals surface area contributed by atoms with E-state index in [1.54, 1.807) is 6.92 Å². The summed E-state index contributed by atoms with van der Waals surface area (Å²) in [5.74, 6) is -0.695. The van der Waals surface area contributed by atoms with E-state index in [1.807, 2.05) is 20.8 Å². The Morgan fingerprint density at radius 1 is 1.35 bits per heavy atom. The van der Waals surface area contributed by atoms with Gasteiger partial charge in [-0.1, -0.05) is 13.8 Å². The molecule has 0 fully saturated rings. The van der Waals surface area contributed by atoms with Crippen molar-refractivity contribution in [3.8, 4) is 0 Å².